The van der Waals surface area contributed by atoms with Crippen molar-refractivity contribution in [3.05, 3.63) is 94.1 Å². The molecule has 6 nitrogen and oxygen atoms in total. The molecule has 37 heavy (non-hydrogen) atoms. The van der Waals surface area contributed by atoms with Gasteiger partial charge in [-0.2, -0.15) is 0 Å². The van der Waals surface area contributed by atoms with Crippen LogP contribution in [0.25, 0.3) is 5.76 Å². The number of carbonyl (C=O) groups excluding carboxylic acids is 2. The Kier molecular flexibility index (Phi) is 6.50. The van der Waals surface area contributed by atoms with Gasteiger partial charge in [0.15, 0.2) is 0 Å². The van der Waals surface area contributed by atoms with Crippen molar-refractivity contribution in [3.8, 4) is 5.75 Å². The topological polar surface area (TPSA) is 70.1 Å². The van der Waals surface area contributed by atoms with E-state index in [-0.39, 0.29) is 11.3 Å². The van der Waals surface area contributed by atoms with Crippen molar-refractivity contribution >= 4 is 28.8 Å². The molecule has 0 saturated carbocycles. The fourth-order valence-corrected chi connectivity index (χ4v) is 5.45. The predicted octanol–water partition coefficient (Wildman–Crippen LogP) is 5.71. The normalized spacial score (nSPS) is 18.2. The van der Waals surface area contributed by atoms with Crippen LogP contribution < -0.4 is 14.5 Å². The molecule has 0 spiro atoms. The van der Waals surface area contributed by atoms with Gasteiger partial charge in [-0.3, -0.25) is 14.5 Å². The van der Waals surface area contributed by atoms with Gasteiger partial charge in [-0.25, -0.2) is 0 Å². The minimum Gasteiger partial charge on any atom is -0.507 e. The Morgan fingerprint density at radius 1 is 0.973 bits per heavy atom. The molecule has 0 aliphatic carbocycles. The van der Waals surface area contributed by atoms with Crippen LogP contribution in [0.15, 0.2) is 66.2 Å². The van der Waals surface area contributed by atoms with E-state index in [2.05, 4.69) is 18.7 Å². The van der Waals surface area contributed by atoms with Crippen molar-refractivity contribution in [1.29, 1.82) is 0 Å². The molecular weight excluding hydrogens is 464 g/mol. The van der Waals surface area contributed by atoms with Gasteiger partial charge >= 0.3 is 0 Å². The minimum atomic E-state index is -0.753. The van der Waals surface area contributed by atoms with Crippen LogP contribution >= 0.6 is 0 Å². The van der Waals surface area contributed by atoms with Gasteiger partial charge in [0.1, 0.15) is 11.5 Å². The van der Waals surface area contributed by atoms with Crippen LogP contribution in [0.2, 0.25) is 0 Å². The van der Waals surface area contributed by atoms with Gasteiger partial charge in [-0.05, 0) is 92.4 Å². The highest BCUT2D eigenvalue weighted by Crippen LogP contribution is 2.43. The lowest BCUT2D eigenvalue weighted by atomic mass is 9.94. The van der Waals surface area contributed by atoms with Gasteiger partial charge in [-0.1, -0.05) is 18.2 Å². The summed E-state index contributed by atoms with van der Waals surface area (Å²) in [6.07, 6.45) is 0.740. The summed E-state index contributed by atoms with van der Waals surface area (Å²) in [5.41, 5.74) is 6.03. The molecule has 0 radical (unpaired) electrons. The maximum atomic E-state index is 13.5. The molecule has 2 aliphatic heterocycles. The first-order valence-corrected chi connectivity index (χ1v) is 12.8. The highest BCUT2D eigenvalue weighted by molar-refractivity contribution is 6.51. The molecule has 3 aromatic rings. The Morgan fingerprint density at radius 2 is 1.65 bits per heavy atom. The standard InChI is InChI=1S/C31H32N2O4/c1-5-32(6-2)24-10-7-21(8-11-24)28-27(29(34)23-9-12-26-22(18-23)13-14-37-26)30(35)31(36)33(28)25-16-19(3)15-20(4)17-25/h7-12,15-18,28,34H,5-6,13-14H2,1-4H3/b29-27-. The minimum absolute atomic E-state index is 0.0959. The van der Waals surface area contributed by atoms with E-state index in [1.165, 1.54) is 4.90 Å². The first kappa shape index (κ1) is 24.6. The second-order valence-electron chi connectivity index (χ2n) is 9.70. The summed E-state index contributed by atoms with van der Waals surface area (Å²) in [5.74, 6) is -0.714. The van der Waals surface area contributed by atoms with Crippen molar-refractivity contribution in [2.24, 2.45) is 0 Å². The summed E-state index contributed by atoms with van der Waals surface area (Å²) in [5, 5.41) is 11.5. The monoisotopic (exact) mass is 496 g/mol. The lowest BCUT2D eigenvalue weighted by molar-refractivity contribution is -0.132. The van der Waals surface area contributed by atoms with Gasteiger partial charge in [0.05, 0.1) is 18.2 Å². The van der Waals surface area contributed by atoms with E-state index in [1.807, 2.05) is 68.4 Å². The number of ketones is 1. The second-order valence-corrected chi connectivity index (χ2v) is 9.70. The third-order valence-corrected chi connectivity index (χ3v) is 7.23. The molecule has 1 atom stereocenters. The van der Waals surface area contributed by atoms with Crippen molar-refractivity contribution in [2.45, 2.75) is 40.2 Å². The van der Waals surface area contributed by atoms with E-state index in [0.717, 1.165) is 53.2 Å². The zero-order valence-electron chi connectivity index (χ0n) is 21.7. The third-order valence-electron chi connectivity index (χ3n) is 7.23. The SMILES string of the molecule is CCN(CC)c1ccc(C2/C(=C(/O)c3ccc4c(c3)CCO4)C(=O)C(=O)N2c2cc(C)cc(C)c2)cc1. The van der Waals surface area contributed by atoms with Crippen LogP contribution in [0.5, 0.6) is 5.75 Å². The van der Waals surface area contributed by atoms with Gasteiger partial charge in [0, 0.05) is 36.4 Å². The largest absolute Gasteiger partial charge is 0.507 e. The van der Waals surface area contributed by atoms with Gasteiger partial charge in [0.2, 0.25) is 0 Å². The first-order chi connectivity index (χ1) is 17.8. The molecule has 1 fully saturated rings. The fraction of sp³-hybridized carbons (Fsp3) is 0.290. The Bertz CT molecular complexity index is 1380. The number of anilines is 2. The number of carbonyl (C=O) groups is 2. The maximum absolute atomic E-state index is 13.5. The number of aliphatic hydroxyl groups is 1. The zero-order valence-corrected chi connectivity index (χ0v) is 21.7. The molecule has 1 N–H and O–H groups in total. The quantitative estimate of drug-likeness (QED) is 0.269. The number of amides is 1. The van der Waals surface area contributed by atoms with Gasteiger partial charge in [-0.15, -0.1) is 0 Å². The van der Waals surface area contributed by atoms with Crippen molar-refractivity contribution < 1.29 is 19.4 Å². The van der Waals surface area contributed by atoms with E-state index in [4.69, 9.17) is 4.74 Å². The number of rotatable bonds is 6. The molecule has 1 unspecified atom stereocenters. The number of benzene rings is 3. The Labute approximate surface area is 217 Å². The Morgan fingerprint density at radius 3 is 2.30 bits per heavy atom. The van der Waals surface area contributed by atoms with Crippen LogP contribution in [-0.4, -0.2) is 36.5 Å². The molecule has 0 bridgehead atoms. The summed E-state index contributed by atoms with van der Waals surface area (Å²) in [6, 6.07) is 18.4. The van der Waals surface area contributed by atoms with Crippen LogP contribution in [0.4, 0.5) is 11.4 Å². The maximum Gasteiger partial charge on any atom is 0.300 e. The van der Waals surface area contributed by atoms with E-state index in [1.54, 1.807) is 6.07 Å². The molecule has 5 rings (SSSR count). The average molecular weight is 497 g/mol. The molecule has 0 aromatic heterocycles. The molecule has 2 aliphatic rings. The summed E-state index contributed by atoms with van der Waals surface area (Å²) in [7, 11) is 0. The highest BCUT2D eigenvalue weighted by Gasteiger charge is 2.47. The number of Topliss-reactive ketones (excluding diaryl/α,β-unsaturated/α-hetero) is 1. The number of ether oxygens (including phenoxy) is 1. The van der Waals surface area contributed by atoms with E-state index in [0.29, 0.717) is 17.9 Å². The molecule has 190 valence electrons. The van der Waals surface area contributed by atoms with Crippen LogP contribution in [0, 0.1) is 13.8 Å². The van der Waals surface area contributed by atoms with Crippen LogP contribution in [-0.2, 0) is 16.0 Å². The number of aliphatic hydroxyl groups excluding tert-OH is 1. The van der Waals surface area contributed by atoms with Gasteiger partial charge in [0.25, 0.3) is 11.7 Å². The summed E-state index contributed by atoms with van der Waals surface area (Å²) < 4.78 is 5.60. The van der Waals surface area contributed by atoms with Crippen molar-refractivity contribution in [1.82, 2.24) is 0 Å². The first-order valence-electron chi connectivity index (χ1n) is 12.8. The molecule has 1 saturated heterocycles. The number of nitrogens with zero attached hydrogens (tertiary/aromatic N) is 2. The average Bonchev–Trinajstić information content (AvgIpc) is 3.46. The third kappa shape index (κ3) is 4.37. The van der Waals surface area contributed by atoms with E-state index in [9.17, 15) is 14.7 Å². The Hall–Kier alpha value is -4.06. The number of fused-ring (bicyclic) bond motifs is 1. The molecule has 3 aromatic carbocycles. The molecule has 1 amide bonds. The second kappa shape index (κ2) is 9.77. The summed E-state index contributed by atoms with van der Waals surface area (Å²) in [4.78, 5) is 30.8. The number of hydrogen-bond donors (Lipinski definition) is 1. The fourth-order valence-electron chi connectivity index (χ4n) is 5.45. The lowest BCUT2D eigenvalue weighted by Crippen LogP contribution is -2.29. The number of hydrogen-bond acceptors (Lipinski definition) is 5. The van der Waals surface area contributed by atoms with Crippen LogP contribution in [0.3, 0.4) is 0 Å². The molecule has 6 heteroatoms. The Balaban J connectivity index is 1.68. The highest BCUT2D eigenvalue weighted by atomic mass is 16.5. The number of aryl methyl sites for hydroxylation is 2. The van der Waals surface area contributed by atoms with Crippen molar-refractivity contribution in [2.75, 3.05) is 29.5 Å². The van der Waals surface area contributed by atoms with Crippen molar-refractivity contribution in [3.63, 3.8) is 0 Å². The smallest absolute Gasteiger partial charge is 0.300 e. The van der Waals surface area contributed by atoms with Crippen LogP contribution in [0.1, 0.15) is 47.7 Å². The summed E-state index contributed by atoms with van der Waals surface area (Å²) in [6.45, 7) is 10.5. The van der Waals surface area contributed by atoms with Gasteiger partial charge < -0.3 is 14.7 Å². The summed E-state index contributed by atoms with van der Waals surface area (Å²) >= 11 is 0. The predicted molar refractivity (Wildman–Crippen MR) is 146 cm³/mol. The lowest BCUT2D eigenvalue weighted by Gasteiger charge is -2.27. The zero-order chi connectivity index (χ0) is 26.3. The molecular formula is C31H32N2O4. The van der Waals surface area contributed by atoms with E-state index < -0.39 is 17.7 Å². The molecule has 2 heterocycles. The van der Waals surface area contributed by atoms with E-state index >= 15 is 0 Å².